The summed E-state index contributed by atoms with van der Waals surface area (Å²) in [7, 11) is -3.96. The molecule has 1 heterocycles. The van der Waals surface area contributed by atoms with Gasteiger partial charge in [-0.25, -0.2) is 18.2 Å². The minimum Gasteiger partial charge on any atom is -0.456 e. The first-order chi connectivity index (χ1) is 24.4. The molecule has 0 aliphatic rings. The normalized spacial score (nSPS) is 11.9. The lowest BCUT2D eigenvalue weighted by molar-refractivity contribution is 0.00704. The van der Waals surface area contributed by atoms with Crippen molar-refractivity contribution < 1.29 is 17.9 Å². The predicted molar refractivity (Wildman–Crippen MR) is 206 cm³/mol. The molecule has 6 rings (SSSR count). The van der Waals surface area contributed by atoms with Crippen LogP contribution in [0.3, 0.4) is 0 Å². The number of aromatic nitrogens is 2. The number of rotatable bonds is 12. The summed E-state index contributed by atoms with van der Waals surface area (Å²) in [5.41, 5.74) is 5.73. The molecule has 0 bridgehead atoms. The third-order valence-electron chi connectivity index (χ3n) is 8.57. The molecule has 0 fully saturated rings. The average molecular weight is 720 g/mol. The first kappa shape index (κ1) is 35.9. The SMILES string of the molecule is CCCCc1nc2ccc(N(Cc3ccccc3)S(=O)(=O)c3ccc(Cl)cc3)cc2n1Cc1ccc(-c2ccccc2C(=O)OC(C)(C)C)cc1. The smallest absolute Gasteiger partial charge is 0.339 e. The van der Waals surface area contributed by atoms with Gasteiger partial charge in [-0.3, -0.25) is 4.31 Å². The summed E-state index contributed by atoms with van der Waals surface area (Å²) in [6, 6.07) is 37.1. The van der Waals surface area contributed by atoms with Crippen LogP contribution in [0, 0.1) is 0 Å². The molecule has 1 aromatic heterocycles. The Bertz CT molecular complexity index is 2240. The maximum absolute atomic E-state index is 14.2. The van der Waals surface area contributed by atoms with Gasteiger partial charge in [0.05, 0.1) is 33.7 Å². The third kappa shape index (κ3) is 8.35. The summed E-state index contributed by atoms with van der Waals surface area (Å²) >= 11 is 6.12. The summed E-state index contributed by atoms with van der Waals surface area (Å²) in [6.45, 7) is 8.43. The number of sulfonamides is 1. The summed E-state index contributed by atoms with van der Waals surface area (Å²) in [6.07, 6.45) is 2.78. The van der Waals surface area contributed by atoms with Crippen LogP contribution in [0.1, 0.15) is 67.8 Å². The molecule has 0 spiro atoms. The lowest BCUT2D eigenvalue weighted by atomic mass is 9.98. The molecule has 51 heavy (non-hydrogen) atoms. The van der Waals surface area contributed by atoms with E-state index in [2.05, 4.69) is 23.6 Å². The van der Waals surface area contributed by atoms with Crippen molar-refractivity contribution in [3.8, 4) is 11.1 Å². The molecule has 9 heteroatoms. The Morgan fingerprint density at radius 2 is 1.53 bits per heavy atom. The number of fused-ring (bicyclic) bond motifs is 1. The number of carbonyl (C=O) groups is 1. The van der Waals surface area contributed by atoms with Crippen molar-refractivity contribution in [3.63, 3.8) is 0 Å². The molecule has 6 aromatic rings. The number of ether oxygens (including phenoxy) is 1. The Balaban J connectivity index is 1.38. The topological polar surface area (TPSA) is 81.5 Å². The molecule has 0 unspecified atom stereocenters. The molecule has 0 saturated heterocycles. The second kappa shape index (κ2) is 15.1. The quantitative estimate of drug-likeness (QED) is 0.118. The third-order valence-corrected chi connectivity index (χ3v) is 10.6. The highest BCUT2D eigenvalue weighted by Crippen LogP contribution is 2.32. The maximum atomic E-state index is 14.2. The highest BCUT2D eigenvalue weighted by molar-refractivity contribution is 7.92. The van der Waals surface area contributed by atoms with Crippen LogP contribution in [-0.2, 0) is 34.3 Å². The van der Waals surface area contributed by atoms with E-state index < -0.39 is 15.6 Å². The molecular weight excluding hydrogens is 678 g/mol. The number of halogens is 1. The number of nitrogens with zero attached hydrogens (tertiary/aromatic N) is 3. The van der Waals surface area contributed by atoms with Crippen molar-refractivity contribution in [2.75, 3.05) is 4.31 Å². The Morgan fingerprint density at radius 3 is 2.22 bits per heavy atom. The summed E-state index contributed by atoms with van der Waals surface area (Å²) in [4.78, 5) is 18.2. The van der Waals surface area contributed by atoms with Crippen molar-refractivity contribution >= 4 is 44.3 Å². The van der Waals surface area contributed by atoms with E-state index in [1.807, 2.05) is 99.6 Å². The minimum atomic E-state index is -3.96. The fourth-order valence-corrected chi connectivity index (χ4v) is 7.61. The Hall–Kier alpha value is -4.92. The van der Waals surface area contributed by atoms with E-state index in [0.29, 0.717) is 22.8 Å². The van der Waals surface area contributed by atoms with Crippen LogP contribution >= 0.6 is 11.6 Å². The van der Waals surface area contributed by atoms with Gasteiger partial charge >= 0.3 is 5.97 Å². The average Bonchev–Trinajstić information content (AvgIpc) is 3.45. The Morgan fingerprint density at radius 1 is 0.843 bits per heavy atom. The minimum absolute atomic E-state index is 0.153. The molecule has 262 valence electrons. The molecule has 7 nitrogen and oxygen atoms in total. The van der Waals surface area contributed by atoms with E-state index in [4.69, 9.17) is 21.3 Å². The number of anilines is 1. The lowest BCUT2D eigenvalue weighted by Crippen LogP contribution is -2.30. The van der Waals surface area contributed by atoms with Gasteiger partial charge in [0.15, 0.2) is 0 Å². The monoisotopic (exact) mass is 719 g/mol. The first-order valence-electron chi connectivity index (χ1n) is 17.2. The molecule has 5 aromatic carbocycles. The number of imidazole rings is 1. The van der Waals surface area contributed by atoms with Crippen LogP contribution in [-0.4, -0.2) is 29.5 Å². The highest BCUT2D eigenvalue weighted by atomic mass is 35.5. The van der Waals surface area contributed by atoms with Crippen LogP contribution in [0.25, 0.3) is 22.2 Å². The van der Waals surface area contributed by atoms with Crippen LogP contribution in [0.2, 0.25) is 5.02 Å². The van der Waals surface area contributed by atoms with E-state index >= 15 is 0 Å². The van der Waals surface area contributed by atoms with Crippen LogP contribution in [0.15, 0.2) is 126 Å². The van der Waals surface area contributed by atoms with E-state index in [1.54, 1.807) is 18.2 Å². The van der Waals surface area contributed by atoms with Crippen LogP contribution in [0.4, 0.5) is 5.69 Å². The number of hydrogen-bond acceptors (Lipinski definition) is 5. The second-order valence-electron chi connectivity index (χ2n) is 13.6. The van der Waals surface area contributed by atoms with Crippen molar-refractivity contribution in [1.82, 2.24) is 9.55 Å². The molecular formula is C42H42ClN3O4S. The van der Waals surface area contributed by atoms with Gasteiger partial charge in [0.1, 0.15) is 11.4 Å². The zero-order chi connectivity index (χ0) is 36.2. The predicted octanol–water partition coefficient (Wildman–Crippen LogP) is 10.1. The Kier molecular flexibility index (Phi) is 10.6. The summed E-state index contributed by atoms with van der Waals surface area (Å²) in [5.74, 6) is 0.585. The lowest BCUT2D eigenvalue weighted by Gasteiger charge is -2.25. The van der Waals surface area contributed by atoms with Gasteiger partial charge in [-0.1, -0.05) is 97.7 Å². The van der Waals surface area contributed by atoms with Crippen LogP contribution < -0.4 is 4.31 Å². The van der Waals surface area contributed by atoms with Crippen molar-refractivity contribution in [1.29, 1.82) is 0 Å². The van der Waals surface area contributed by atoms with Crippen molar-refractivity contribution in [2.45, 2.75) is 70.5 Å². The zero-order valence-electron chi connectivity index (χ0n) is 29.3. The molecule has 0 atom stereocenters. The van der Waals surface area contributed by atoms with E-state index in [0.717, 1.165) is 58.4 Å². The van der Waals surface area contributed by atoms with E-state index in [-0.39, 0.29) is 17.4 Å². The first-order valence-corrected chi connectivity index (χ1v) is 19.0. The highest BCUT2D eigenvalue weighted by Gasteiger charge is 2.27. The van der Waals surface area contributed by atoms with Crippen molar-refractivity contribution in [3.05, 3.63) is 149 Å². The van der Waals surface area contributed by atoms with Gasteiger partial charge in [0.25, 0.3) is 10.0 Å². The fraction of sp³-hybridized carbons (Fsp3) is 0.238. The van der Waals surface area contributed by atoms with Crippen LogP contribution in [0.5, 0.6) is 0 Å². The summed E-state index contributed by atoms with van der Waals surface area (Å²) < 4.78 is 37.8. The standard InChI is InChI=1S/C42H42ClN3O4S/c1-5-6-16-40-44-38-26-23-34(46(29-30-12-8-7-9-13-30)51(48,49)35-24-21-33(43)22-25-35)27-39(38)45(40)28-31-17-19-32(20-18-31)36-14-10-11-15-37(36)41(47)50-42(2,3)4/h7-15,17-27H,5-6,16,28-29H2,1-4H3. The molecule has 0 N–H and O–H groups in total. The number of benzene rings is 5. The number of carbonyl (C=O) groups excluding carboxylic acids is 1. The van der Waals surface area contributed by atoms with Gasteiger partial charge < -0.3 is 9.30 Å². The Labute approximate surface area is 305 Å². The maximum Gasteiger partial charge on any atom is 0.339 e. The number of hydrogen-bond donors (Lipinski definition) is 0. The van der Waals surface area contributed by atoms with E-state index in [1.165, 1.54) is 16.4 Å². The molecule has 0 radical (unpaired) electrons. The van der Waals surface area contributed by atoms with Gasteiger partial charge in [0, 0.05) is 18.0 Å². The number of aryl methyl sites for hydroxylation is 1. The number of unbranched alkanes of at least 4 members (excludes halogenated alkanes) is 1. The molecule has 0 aliphatic heterocycles. The van der Waals surface area contributed by atoms with E-state index in [9.17, 15) is 13.2 Å². The summed E-state index contributed by atoms with van der Waals surface area (Å²) in [5, 5.41) is 0.466. The number of esters is 1. The molecule has 0 aliphatic carbocycles. The van der Waals surface area contributed by atoms with Gasteiger partial charge in [-0.15, -0.1) is 0 Å². The van der Waals surface area contributed by atoms with Gasteiger partial charge in [-0.2, -0.15) is 0 Å². The van der Waals surface area contributed by atoms with Crippen molar-refractivity contribution in [2.24, 2.45) is 0 Å². The zero-order valence-corrected chi connectivity index (χ0v) is 30.9. The van der Waals surface area contributed by atoms with Gasteiger partial charge in [0.2, 0.25) is 0 Å². The molecule has 0 amide bonds. The largest absolute Gasteiger partial charge is 0.456 e. The molecule has 0 saturated carbocycles. The second-order valence-corrected chi connectivity index (χ2v) is 15.9. The fourth-order valence-electron chi connectivity index (χ4n) is 6.03. The van der Waals surface area contributed by atoms with Gasteiger partial charge in [-0.05, 0) is 98.0 Å².